The first-order valence-electron chi connectivity index (χ1n) is 8.22. The molecule has 0 radical (unpaired) electrons. The van der Waals surface area contributed by atoms with Gasteiger partial charge in [-0.05, 0) is 36.8 Å². The number of rotatable bonds is 3. The highest BCUT2D eigenvalue weighted by atomic mass is 32.2. The topological polar surface area (TPSA) is 72.3 Å². The molecule has 7 heteroatoms. The second kappa shape index (κ2) is 6.10. The van der Waals surface area contributed by atoms with Crippen molar-refractivity contribution in [2.24, 2.45) is 0 Å². The predicted octanol–water partition coefficient (Wildman–Crippen LogP) is 3.09. The molecule has 0 unspecified atom stereocenters. The number of hydrogen-bond acceptors (Lipinski definition) is 4. The highest BCUT2D eigenvalue weighted by Crippen LogP contribution is 2.44. The van der Waals surface area contributed by atoms with Crippen molar-refractivity contribution in [1.82, 2.24) is 9.55 Å². The highest BCUT2D eigenvalue weighted by Gasteiger charge is 2.36. The van der Waals surface area contributed by atoms with Crippen LogP contribution in [0.15, 0.2) is 71.0 Å². The number of amides is 1. The van der Waals surface area contributed by atoms with Gasteiger partial charge in [0.1, 0.15) is 0 Å². The third kappa shape index (κ3) is 2.61. The standard InChI is InChI=1S/C19H17N3O3S/c1-14-6-7-18-16(12-14)22(19(23)8-10-21-11-9-20-13-21)15-4-2-3-5-17(15)26(18,24)25/h2-7,9,11-13H,8,10H2,1H3. The Morgan fingerprint density at radius 1 is 1.08 bits per heavy atom. The first-order chi connectivity index (χ1) is 12.5. The van der Waals surface area contributed by atoms with E-state index in [1.807, 2.05) is 11.5 Å². The van der Waals surface area contributed by atoms with Gasteiger partial charge in [0.05, 0.1) is 27.5 Å². The summed E-state index contributed by atoms with van der Waals surface area (Å²) >= 11 is 0. The monoisotopic (exact) mass is 367 g/mol. The number of benzene rings is 2. The maximum Gasteiger partial charge on any atom is 0.233 e. The third-order valence-corrected chi connectivity index (χ3v) is 6.28. The Morgan fingerprint density at radius 3 is 2.62 bits per heavy atom. The lowest BCUT2D eigenvalue weighted by atomic mass is 10.1. The molecule has 2 aromatic carbocycles. The molecule has 0 spiro atoms. The molecule has 1 amide bonds. The van der Waals surface area contributed by atoms with Gasteiger partial charge in [-0.2, -0.15) is 0 Å². The molecule has 0 saturated heterocycles. The van der Waals surface area contributed by atoms with E-state index in [2.05, 4.69) is 4.98 Å². The van der Waals surface area contributed by atoms with E-state index < -0.39 is 9.84 Å². The van der Waals surface area contributed by atoms with Gasteiger partial charge in [-0.25, -0.2) is 13.4 Å². The minimum Gasteiger partial charge on any atom is -0.337 e. The van der Waals surface area contributed by atoms with Crippen LogP contribution >= 0.6 is 0 Å². The van der Waals surface area contributed by atoms with Crippen molar-refractivity contribution < 1.29 is 13.2 Å². The van der Waals surface area contributed by atoms with E-state index in [0.29, 0.717) is 17.9 Å². The second-order valence-electron chi connectivity index (χ2n) is 6.22. The fraction of sp³-hybridized carbons (Fsp3) is 0.158. The van der Waals surface area contributed by atoms with Crippen LogP contribution in [-0.2, 0) is 21.2 Å². The largest absolute Gasteiger partial charge is 0.337 e. The fourth-order valence-electron chi connectivity index (χ4n) is 3.17. The van der Waals surface area contributed by atoms with Crippen LogP contribution in [-0.4, -0.2) is 23.9 Å². The number of hydrogen-bond donors (Lipinski definition) is 0. The lowest BCUT2D eigenvalue weighted by Crippen LogP contribution is -2.32. The van der Waals surface area contributed by atoms with Gasteiger partial charge in [0.2, 0.25) is 15.7 Å². The number of nitrogens with zero attached hydrogens (tertiary/aromatic N) is 3. The molecule has 0 bridgehead atoms. The molecule has 6 nitrogen and oxygen atoms in total. The Hall–Kier alpha value is -2.93. The number of aromatic nitrogens is 2. The molecule has 1 aliphatic rings. The van der Waals surface area contributed by atoms with Crippen LogP contribution in [0.3, 0.4) is 0 Å². The van der Waals surface area contributed by atoms with Gasteiger partial charge in [-0.1, -0.05) is 18.2 Å². The molecular weight excluding hydrogens is 350 g/mol. The molecule has 0 fully saturated rings. The van der Waals surface area contributed by atoms with E-state index in [1.54, 1.807) is 61.2 Å². The number of fused-ring (bicyclic) bond motifs is 2. The quantitative estimate of drug-likeness (QED) is 0.713. The van der Waals surface area contributed by atoms with E-state index >= 15 is 0 Å². The number of sulfone groups is 1. The number of carbonyl (C=O) groups excluding carboxylic acids is 1. The SMILES string of the molecule is Cc1ccc2c(c1)N(C(=O)CCn1ccnc1)c1ccccc1S2(=O)=O. The van der Waals surface area contributed by atoms with Gasteiger partial charge >= 0.3 is 0 Å². The number of aryl methyl sites for hydroxylation is 2. The number of imidazole rings is 1. The minimum absolute atomic E-state index is 0.159. The van der Waals surface area contributed by atoms with Gasteiger partial charge in [0.15, 0.2) is 0 Å². The van der Waals surface area contributed by atoms with E-state index in [0.717, 1.165) is 5.56 Å². The first kappa shape index (κ1) is 16.5. The lowest BCUT2D eigenvalue weighted by Gasteiger charge is -2.31. The summed E-state index contributed by atoms with van der Waals surface area (Å²) in [6.07, 6.45) is 5.34. The molecule has 0 aliphatic carbocycles. The maximum absolute atomic E-state index is 13.0. The molecular formula is C19H17N3O3S. The molecule has 2 heterocycles. The van der Waals surface area contributed by atoms with Gasteiger partial charge in [0.25, 0.3) is 0 Å². The number of para-hydroxylation sites is 1. The van der Waals surface area contributed by atoms with Crippen LogP contribution in [0.25, 0.3) is 0 Å². The number of carbonyl (C=O) groups is 1. The summed E-state index contributed by atoms with van der Waals surface area (Å²) in [6, 6.07) is 11.7. The van der Waals surface area contributed by atoms with Gasteiger partial charge in [-0.15, -0.1) is 0 Å². The molecule has 1 aromatic heterocycles. The summed E-state index contributed by atoms with van der Waals surface area (Å²) in [5, 5.41) is 0. The highest BCUT2D eigenvalue weighted by molar-refractivity contribution is 7.92. The zero-order valence-electron chi connectivity index (χ0n) is 14.2. The minimum atomic E-state index is -3.65. The van der Waals surface area contributed by atoms with Crippen LogP contribution in [0, 0.1) is 6.92 Å². The van der Waals surface area contributed by atoms with Crippen molar-refractivity contribution >= 4 is 27.1 Å². The summed E-state index contributed by atoms with van der Waals surface area (Å²) < 4.78 is 27.8. The second-order valence-corrected chi connectivity index (χ2v) is 8.11. The Bertz CT molecular complexity index is 1090. The molecule has 0 N–H and O–H groups in total. The van der Waals surface area contributed by atoms with Crippen LogP contribution in [0.5, 0.6) is 0 Å². The van der Waals surface area contributed by atoms with Crippen LogP contribution in [0.2, 0.25) is 0 Å². The summed E-state index contributed by atoms with van der Waals surface area (Å²) in [4.78, 5) is 18.9. The zero-order chi connectivity index (χ0) is 18.3. The molecule has 3 aromatic rings. The smallest absolute Gasteiger partial charge is 0.233 e. The lowest BCUT2D eigenvalue weighted by molar-refractivity contribution is -0.118. The molecule has 26 heavy (non-hydrogen) atoms. The fourth-order valence-corrected chi connectivity index (χ4v) is 4.77. The van der Waals surface area contributed by atoms with E-state index in [1.165, 1.54) is 4.90 Å². The molecule has 1 aliphatic heterocycles. The number of anilines is 2. The Kier molecular flexibility index (Phi) is 3.88. The third-order valence-electron chi connectivity index (χ3n) is 4.43. The Labute approximate surface area is 151 Å². The van der Waals surface area contributed by atoms with Crippen LogP contribution in [0.1, 0.15) is 12.0 Å². The molecule has 0 saturated carbocycles. The van der Waals surface area contributed by atoms with Crippen molar-refractivity contribution in [3.63, 3.8) is 0 Å². The Morgan fingerprint density at radius 2 is 1.85 bits per heavy atom. The van der Waals surface area contributed by atoms with E-state index in [4.69, 9.17) is 0 Å². The molecule has 4 rings (SSSR count). The van der Waals surface area contributed by atoms with Crippen LogP contribution in [0.4, 0.5) is 11.4 Å². The Balaban J connectivity index is 1.82. The van der Waals surface area contributed by atoms with E-state index in [9.17, 15) is 13.2 Å². The molecule has 132 valence electrons. The van der Waals surface area contributed by atoms with Crippen molar-refractivity contribution in [2.75, 3.05) is 4.90 Å². The van der Waals surface area contributed by atoms with Crippen LogP contribution < -0.4 is 4.90 Å². The van der Waals surface area contributed by atoms with Crippen molar-refractivity contribution in [3.8, 4) is 0 Å². The molecule has 0 atom stereocenters. The summed E-state index contributed by atoms with van der Waals surface area (Å²) in [6.45, 7) is 2.35. The normalized spacial score (nSPS) is 14.6. The average Bonchev–Trinajstić information content (AvgIpc) is 3.13. The summed E-state index contributed by atoms with van der Waals surface area (Å²) in [7, 11) is -3.65. The summed E-state index contributed by atoms with van der Waals surface area (Å²) in [5.74, 6) is -0.159. The summed E-state index contributed by atoms with van der Waals surface area (Å²) in [5.41, 5.74) is 1.71. The zero-order valence-corrected chi connectivity index (χ0v) is 15.0. The van der Waals surface area contributed by atoms with Gasteiger partial charge < -0.3 is 4.57 Å². The van der Waals surface area contributed by atoms with Crippen molar-refractivity contribution in [3.05, 3.63) is 66.7 Å². The first-order valence-corrected chi connectivity index (χ1v) is 9.70. The van der Waals surface area contributed by atoms with Crippen molar-refractivity contribution in [2.45, 2.75) is 29.7 Å². The predicted molar refractivity (Wildman–Crippen MR) is 97.1 cm³/mol. The van der Waals surface area contributed by atoms with Gasteiger partial charge in [0, 0.05) is 25.4 Å². The van der Waals surface area contributed by atoms with Crippen molar-refractivity contribution in [1.29, 1.82) is 0 Å². The maximum atomic E-state index is 13.0. The van der Waals surface area contributed by atoms with Gasteiger partial charge in [-0.3, -0.25) is 9.69 Å². The van der Waals surface area contributed by atoms with E-state index in [-0.39, 0.29) is 22.1 Å². The average molecular weight is 367 g/mol.